The third-order valence-electron chi connectivity index (χ3n) is 6.97. The zero-order valence-corrected chi connectivity index (χ0v) is 20.5. The topological polar surface area (TPSA) is 96.2 Å². The lowest BCUT2D eigenvalue weighted by Gasteiger charge is -2.40. The van der Waals surface area contributed by atoms with Crippen LogP contribution in [0.1, 0.15) is 34.3 Å². The second kappa shape index (κ2) is 10.3. The highest BCUT2D eigenvalue weighted by atomic mass is 16.6. The molecule has 2 aliphatic heterocycles. The Balaban J connectivity index is 1.39. The monoisotopic (exact) mass is 480 g/mol. The number of nitrogens with zero attached hydrogens (tertiary/aromatic N) is 4. The van der Waals surface area contributed by atoms with Crippen molar-refractivity contribution in [2.75, 3.05) is 51.3 Å². The zero-order chi connectivity index (χ0) is 25.1. The number of piperidine rings is 1. The van der Waals surface area contributed by atoms with Crippen LogP contribution >= 0.6 is 0 Å². The maximum absolute atomic E-state index is 13.3. The lowest BCUT2D eigenvalue weighted by molar-refractivity contribution is -0.384. The number of methoxy groups -OCH3 is 1. The van der Waals surface area contributed by atoms with Crippen molar-refractivity contribution in [3.05, 3.63) is 63.2 Å². The summed E-state index contributed by atoms with van der Waals surface area (Å²) in [5.74, 6) is -0.253. The number of nitro benzene ring substituents is 1. The average Bonchev–Trinajstić information content (AvgIpc) is 2.87. The molecule has 2 saturated heterocycles. The number of anilines is 1. The van der Waals surface area contributed by atoms with E-state index in [2.05, 4.69) is 36.9 Å². The van der Waals surface area contributed by atoms with Gasteiger partial charge in [0.05, 0.1) is 29.6 Å². The molecule has 186 valence electrons. The molecule has 0 aromatic heterocycles. The minimum atomic E-state index is -0.522. The largest absolute Gasteiger partial charge is 0.496 e. The predicted octanol–water partition coefficient (Wildman–Crippen LogP) is 3.42. The van der Waals surface area contributed by atoms with Crippen LogP contribution in [0.25, 0.3) is 0 Å². The fraction of sp³-hybridized carbons (Fsp3) is 0.462. The van der Waals surface area contributed by atoms with Gasteiger partial charge >= 0.3 is 0 Å². The van der Waals surface area contributed by atoms with Crippen LogP contribution in [-0.2, 0) is 4.79 Å². The maximum Gasteiger partial charge on any atom is 0.273 e. The molecule has 2 aliphatic rings. The van der Waals surface area contributed by atoms with Crippen molar-refractivity contribution < 1.29 is 19.2 Å². The van der Waals surface area contributed by atoms with Crippen LogP contribution in [0, 0.1) is 29.9 Å². The van der Waals surface area contributed by atoms with E-state index in [0.29, 0.717) is 26.2 Å². The second-order valence-corrected chi connectivity index (χ2v) is 9.33. The molecular formula is C26H32N4O5. The smallest absolute Gasteiger partial charge is 0.273 e. The molecule has 0 N–H and O–H groups in total. The summed E-state index contributed by atoms with van der Waals surface area (Å²) in [5, 5.41) is 11.1. The van der Waals surface area contributed by atoms with Crippen molar-refractivity contribution in [2.24, 2.45) is 5.92 Å². The number of carbonyl (C=O) groups excluding carboxylic acids is 2. The Morgan fingerprint density at radius 3 is 2.40 bits per heavy atom. The summed E-state index contributed by atoms with van der Waals surface area (Å²) in [4.78, 5) is 43.0. The van der Waals surface area contributed by atoms with E-state index < -0.39 is 4.92 Å². The van der Waals surface area contributed by atoms with Gasteiger partial charge in [0.25, 0.3) is 11.6 Å². The number of likely N-dealkylation sites (tertiary alicyclic amines) is 1. The summed E-state index contributed by atoms with van der Waals surface area (Å²) < 4.78 is 5.25. The number of piperazine rings is 1. The van der Waals surface area contributed by atoms with Gasteiger partial charge in [0.2, 0.25) is 5.91 Å². The highest BCUT2D eigenvalue weighted by Gasteiger charge is 2.34. The molecule has 0 spiro atoms. The molecule has 2 aromatic carbocycles. The summed E-state index contributed by atoms with van der Waals surface area (Å²) in [6.07, 6.45) is 1.48. The van der Waals surface area contributed by atoms with E-state index in [1.165, 1.54) is 42.1 Å². The molecule has 0 bridgehead atoms. The molecule has 2 amide bonds. The van der Waals surface area contributed by atoms with E-state index in [1.807, 2.05) is 4.90 Å². The Kier molecular flexibility index (Phi) is 7.23. The van der Waals surface area contributed by atoms with Crippen molar-refractivity contribution in [3.8, 4) is 5.75 Å². The van der Waals surface area contributed by atoms with Crippen molar-refractivity contribution in [2.45, 2.75) is 26.7 Å². The first-order valence-corrected chi connectivity index (χ1v) is 12.0. The molecule has 2 heterocycles. The summed E-state index contributed by atoms with van der Waals surface area (Å²) in [6.45, 7) is 7.98. The number of non-ortho nitro benzene ring substituents is 1. The molecule has 2 aromatic rings. The van der Waals surface area contributed by atoms with E-state index in [4.69, 9.17) is 4.74 Å². The average molecular weight is 481 g/mol. The first-order valence-electron chi connectivity index (χ1n) is 12.0. The molecule has 1 unspecified atom stereocenters. The number of carbonyl (C=O) groups is 2. The highest BCUT2D eigenvalue weighted by molar-refractivity contribution is 5.97. The Morgan fingerprint density at radius 1 is 1.00 bits per heavy atom. The number of hydrogen-bond donors (Lipinski definition) is 0. The number of ether oxygens (including phenoxy) is 1. The van der Waals surface area contributed by atoms with Crippen LogP contribution in [0.5, 0.6) is 5.75 Å². The third-order valence-corrected chi connectivity index (χ3v) is 6.97. The molecule has 1 atom stereocenters. The zero-order valence-electron chi connectivity index (χ0n) is 20.5. The molecule has 0 radical (unpaired) electrons. The number of hydrogen-bond acceptors (Lipinski definition) is 6. The fourth-order valence-corrected chi connectivity index (χ4v) is 5.09. The van der Waals surface area contributed by atoms with Gasteiger partial charge in [0.1, 0.15) is 5.75 Å². The molecule has 9 nitrogen and oxygen atoms in total. The van der Waals surface area contributed by atoms with Crippen LogP contribution in [0.4, 0.5) is 11.4 Å². The molecule has 35 heavy (non-hydrogen) atoms. The first kappa shape index (κ1) is 24.5. The predicted molar refractivity (Wildman–Crippen MR) is 133 cm³/mol. The summed E-state index contributed by atoms with van der Waals surface area (Å²) in [7, 11) is 1.39. The third kappa shape index (κ3) is 5.23. The van der Waals surface area contributed by atoms with E-state index in [1.54, 1.807) is 4.90 Å². The van der Waals surface area contributed by atoms with Gasteiger partial charge < -0.3 is 19.4 Å². The Hall–Kier alpha value is -3.62. The van der Waals surface area contributed by atoms with E-state index in [-0.39, 0.29) is 34.7 Å². The van der Waals surface area contributed by atoms with E-state index >= 15 is 0 Å². The van der Waals surface area contributed by atoms with E-state index in [0.717, 1.165) is 25.9 Å². The van der Waals surface area contributed by atoms with Crippen molar-refractivity contribution in [1.82, 2.24) is 9.80 Å². The van der Waals surface area contributed by atoms with Gasteiger partial charge in [-0.3, -0.25) is 19.7 Å². The van der Waals surface area contributed by atoms with Gasteiger partial charge in [-0.2, -0.15) is 0 Å². The lowest BCUT2D eigenvalue weighted by Crippen LogP contribution is -2.53. The normalized spacial score (nSPS) is 18.4. The van der Waals surface area contributed by atoms with Gasteiger partial charge in [-0.25, -0.2) is 0 Å². The Morgan fingerprint density at radius 2 is 1.74 bits per heavy atom. The van der Waals surface area contributed by atoms with Gasteiger partial charge in [-0.15, -0.1) is 0 Å². The maximum atomic E-state index is 13.3. The second-order valence-electron chi connectivity index (χ2n) is 9.33. The summed E-state index contributed by atoms with van der Waals surface area (Å²) in [6, 6.07) is 10.4. The molecule has 0 aliphatic carbocycles. The minimum absolute atomic E-state index is 0.0958. The van der Waals surface area contributed by atoms with E-state index in [9.17, 15) is 19.7 Å². The van der Waals surface area contributed by atoms with Gasteiger partial charge in [0.15, 0.2) is 0 Å². The number of benzene rings is 2. The van der Waals surface area contributed by atoms with Crippen LogP contribution in [0.15, 0.2) is 36.4 Å². The number of amides is 2. The van der Waals surface area contributed by atoms with Gasteiger partial charge in [-0.1, -0.05) is 17.7 Å². The fourth-order valence-electron chi connectivity index (χ4n) is 5.09. The standard InChI is InChI=1S/C26H32N4O5/c1-18-6-9-23(19(2)15-18)27-11-13-28(14-12-27)25(31)20-5-4-10-29(17-20)26(32)22-8-7-21(30(33)34)16-24(22)35-3/h6-9,15-16,20H,4-5,10-14,17H2,1-3H3. The van der Waals surface area contributed by atoms with Crippen molar-refractivity contribution in [1.29, 1.82) is 0 Å². The van der Waals surface area contributed by atoms with Crippen molar-refractivity contribution >= 4 is 23.2 Å². The Labute approximate surface area is 205 Å². The summed E-state index contributed by atoms with van der Waals surface area (Å²) >= 11 is 0. The Bertz CT molecular complexity index is 1130. The van der Waals surface area contributed by atoms with Gasteiger partial charge in [-0.05, 0) is 44.4 Å². The number of aryl methyl sites for hydroxylation is 2. The van der Waals surface area contributed by atoms with Crippen LogP contribution in [0.2, 0.25) is 0 Å². The van der Waals surface area contributed by atoms with Crippen LogP contribution < -0.4 is 9.64 Å². The highest BCUT2D eigenvalue weighted by Crippen LogP contribution is 2.29. The number of nitro groups is 1. The summed E-state index contributed by atoms with van der Waals surface area (Å²) in [5.41, 5.74) is 3.84. The van der Waals surface area contributed by atoms with Crippen LogP contribution in [-0.4, -0.2) is 72.9 Å². The molecule has 2 fully saturated rings. The van der Waals surface area contributed by atoms with Crippen LogP contribution in [0.3, 0.4) is 0 Å². The van der Waals surface area contributed by atoms with Gasteiger partial charge in [0, 0.05) is 51.0 Å². The molecular weight excluding hydrogens is 448 g/mol. The number of rotatable bonds is 5. The lowest BCUT2D eigenvalue weighted by atomic mass is 9.95. The molecule has 4 rings (SSSR count). The SMILES string of the molecule is COc1cc([N+](=O)[O-])ccc1C(=O)N1CCCC(C(=O)N2CCN(c3ccc(C)cc3C)CC2)C1. The first-order chi connectivity index (χ1) is 16.8. The quantitative estimate of drug-likeness (QED) is 0.481. The van der Waals surface area contributed by atoms with Crippen molar-refractivity contribution in [3.63, 3.8) is 0 Å². The minimum Gasteiger partial charge on any atom is -0.496 e. The molecule has 0 saturated carbocycles. The molecule has 9 heteroatoms.